The molecule has 536 valence electrons. The second-order valence-corrected chi connectivity index (χ2v) is 29.6. The lowest BCUT2D eigenvalue weighted by Gasteiger charge is -2.31. The fourth-order valence-corrected chi connectivity index (χ4v) is 14.7. The van der Waals surface area contributed by atoms with Gasteiger partial charge in [-0.1, -0.05) is 30.7 Å². The molecule has 4 aromatic carbocycles. The smallest absolute Gasteiger partial charge is 0.303 e. The number of hydrogen-bond donors (Lipinski definition) is 1. The van der Waals surface area contributed by atoms with Crippen molar-refractivity contribution in [3.05, 3.63) is 95.7 Å². The summed E-state index contributed by atoms with van der Waals surface area (Å²) in [5.41, 5.74) is -0.598. The fourth-order valence-electron chi connectivity index (χ4n) is 11.6. The third kappa shape index (κ3) is 22.6. The molecule has 0 fully saturated rings. The van der Waals surface area contributed by atoms with Gasteiger partial charge in [-0.3, -0.25) is 4.79 Å². The maximum atomic E-state index is 12.9. The number of methoxy groups -OCH3 is 2. The van der Waals surface area contributed by atoms with Crippen LogP contribution in [0.15, 0.2) is 104 Å². The van der Waals surface area contributed by atoms with Gasteiger partial charge in [0.2, 0.25) is 5.69 Å². The summed E-state index contributed by atoms with van der Waals surface area (Å²) in [6, 6.07) is 8.62. The molecule has 0 spiro atoms. The number of unbranched alkanes of at least 4 members (excludes halogenated alkanes) is 2. The van der Waals surface area contributed by atoms with Gasteiger partial charge in [0, 0.05) is 79.4 Å². The first-order valence-electron chi connectivity index (χ1n) is 30.7. The molecule has 0 bridgehead atoms. The Hall–Kier alpha value is -5.29. The Morgan fingerprint density at radius 2 is 0.958 bits per heavy atom. The molecule has 96 heavy (non-hydrogen) atoms. The van der Waals surface area contributed by atoms with E-state index >= 15 is 0 Å². The van der Waals surface area contributed by atoms with Crippen molar-refractivity contribution in [2.45, 2.75) is 89.2 Å². The number of allylic oxidation sites excluding steroid dienone is 6. The predicted octanol–water partition coefficient (Wildman–Crippen LogP) is 4.53. The Morgan fingerprint density at radius 1 is 0.500 bits per heavy atom. The molecule has 0 aliphatic carbocycles. The number of rotatable bonds is 47. The van der Waals surface area contributed by atoms with Crippen LogP contribution in [0.5, 0.6) is 0 Å². The van der Waals surface area contributed by atoms with Crippen LogP contribution in [0.25, 0.3) is 21.5 Å². The van der Waals surface area contributed by atoms with E-state index in [0.29, 0.717) is 119 Å². The average molecular weight is 1450 g/mol. The average Bonchev–Trinajstić information content (AvgIpc) is 1.53. The van der Waals surface area contributed by atoms with Crippen LogP contribution in [-0.4, -0.2) is 238 Å². The molecule has 34 heteroatoms. The minimum atomic E-state index is -5.47. The zero-order valence-corrected chi connectivity index (χ0v) is 57.9. The second-order valence-electron chi connectivity index (χ2n) is 22.6. The van der Waals surface area contributed by atoms with E-state index in [2.05, 4.69) is 0 Å². The molecule has 2 heterocycles. The van der Waals surface area contributed by atoms with Gasteiger partial charge >= 0.3 is 5.97 Å². The van der Waals surface area contributed by atoms with Crippen LogP contribution >= 0.6 is 0 Å². The summed E-state index contributed by atoms with van der Waals surface area (Å²) in [5, 5.41) is 8.83. The van der Waals surface area contributed by atoms with Crippen LogP contribution in [0.3, 0.4) is 0 Å². The van der Waals surface area contributed by atoms with E-state index in [1.807, 2.05) is 4.90 Å². The van der Waals surface area contributed by atoms with Gasteiger partial charge < -0.3 is 80.1 Å². The second kappa shape index (κ2) is 36.7. The molecule has 4 aromatic rings. The molecule has 1 N–H and O–H groups in total. The lowest BCUT2D eigenvalue weighted by molar-refractivity contribution is -0.442. The number of aliphatic carboxylic acids is 1. The van der Waals surface area contributed by atoms with E-state index < -0.39 is 92.7 Å². The number of carboxylic acid groups (broad SMARTS) is 1. The van der Waals surface area contributed by atoms with Gasteiger partial charge in [0.15, 0.2) is 12.3 Å². The fraction of sp³-hybridized carbons (Fsp3) is 0.548. The van der Waals surface area contributed by atoms with Crippen molar-refractivity contribution in [3.8, 4) is 0 Å². The van der Waals surface area contributed by atoms with Gasteiger partial charge in [-0.15, -0.1) is 0 Å². The number of benzene rings is 4. The predicted molar refractivity (Wildman–Crippen MR) is 343 cm³/mol. The van der Waals surface area contributed by atoms with Crippen molar-refractivity contribution in [1.29, 1.82) is 0 Å². The maximum Gasteiger partial charge on any atom is 0.303 e. The van der Waals surface area contributed by atoms with Crippen molar-refractivity contribution in [2.24, 2.45) is 0 Å². The van der Waals surface area contributed by atoms with Crippen molar-refractivity contribution in [1.82, 2.24) is 0 Å². The third-order valence-electron chi connectivity index (χ3n) is 16.0. The van der Waals surface area contributed by atoms with Gasteiger partial charge in [-0.2, -0.15) is 4.58 Å². The number of hydrogen-bond acceptors (Lipinski definition) is 27. The van der Waals surface area contributed by atoms with Crippen LogP contribution in [0.4, 0.5) is 11.4 Å². The van der Waals surface area contributed by atoms with E-state index in [0.717, 1.165) is 12.1 Å². The lowest BCUT2D eigenvalue weighted by Crippen LogP contribution is -2.33. The number of carbonyl (C=O) groups is 1. The first-order chi connectivity index (χ1) is 45.4. The van der Waals surface area contributed by atoms with Crippen LogP contribution in [0, 0.1) is 0 Å². The zero-order chi connectivity index (χ0) is 70.4. The Bertz CT molecular complexity index is 4030. The first kappa shape index (κ1) is 79.7. The molecule has 29 nitrogen and oxygen atoms in total. The van der Waals surface area contributed by atoms with Crippen LogP contribution in [-0.2, 0) is 114 Å². The molecule has 2 aliphatic rings. The summed E-state index contributed by atoms with van der Waals surface area (Å²) in [5.74, 6) is -1.87. The molecule has 2 aliphatic heterocycles. The van der Waals surface area contributed by atoms with E-state index in [9.17, 15) is 74.8 Å². The largest absolute Gasteiger partial charge is 0.748 e. The van der Waals surface area contributed by atoms with Gasteiger partial charge in [0.05, 0.1) is 141 Å². The van der Waals surface area contributed by atoms with Crippen molar-refractivity contribution in [3.63, 3.8) is 0 Å². The third-order valence-corrected chi connectivity index (χ3v) is 20.2. The quantitative estimate of drug-likeness (QED) is 0.0275. The van der Waals surface area contributed by atoms with Crippen molar-refractivity contribution < 1.29 is 127 Å². The minimum Gasteiger partial charge on any atom is -0.748 e. The van der Waals surface area contributed by atoms with Gasteiger partial charge in [0.25, 0.3) is 0 Å². The Balaban J connectivity index is 1.43. The first-order valence-corrected chi connectivity index (χ1v) is 37.9. The molecule has 0 saturated carbocycles. The van der Waals surface area contributed by atoms with Gasteiger partial charge in [-0.25, -0.2) is 42.1 Å². The van der Waals surface area contributed by atoms with Crippen molar-refractivity contribution >= 4 is 95.2 Å². The Labute approximate surface area is 560 Å². The monoisotopic (exact) mass is 1450 g/mol. The lowest BCUT2D eigenvalue weighted by atomic mass is 9.74. The summed E-state index contributed by atoms with van der Waals surface area (Å²) in [7, 11) is -23.4. The molecule has 0 radical (unpaired) electrons. The number of fused-ring (bicyclic) bond motifs is 6. The van der Waals surface area contributed by atoms with E-state index in [-0.39, 0.29) is 125 Å². The van der Waals surface area contributed by atoms with Crippen LogP contribution in [0.1, 0.15) is 69.9 Å². The normalized spacial score (nSPS) is 17.6. The molecule has 0 saturated heterocycles. The summed E-state index contributed by atoms with van der Waals surface area (Å²) in [6.07, 6.45) is 8.82. The summed E-state index contributed by atoms with van der Waals surface area (Å²) < 4.78 is 247. The van der Waals surface area contributed by atoms with E-state index in [1.54, 1.807) is 69.1 Å². The highest BCUT2D eigenvalue weighted by Crippen LogP contribution is 2.54. The summed E-state index contributed by atoms with van der Waals surface area (Å²) in [4.78, 5) is 9.43. The molecule has 0 aromatic heterocycles. The number of carboxylic acids is 1. The maximum absolute atomic E-state index is 12.9. The summed E-state index contributed by atoms with van der Waals surface area (Å²) >= 11 is 0. The van der Waals surface area contributed by atoms with Crippen LogP contribution < -0.4 is 4.90 Å². The van der Waals surface area contributed by atoms with Gasteiger partial charge in [0.1, 0.15) is 47.1 Å². The number of ether oxygens (including phenoxy) is 10. The highest BCUT2D eigenvalue weighted by molar-refractivity contribution is 7.87. The Morgan fingerprint density at radius 3 is 1.42 bits per heavy atom. The molecule has 6 rings (SSSR count). The summed E-state index contributed by atoms with van der Waals surface area (Å²) in [6.45, 7) is 8.29. The standard InChI is InChI=1S/C62H86N2O27S5/c1-61(19-11-41-92(67,68)69)56(64(22-24-85-30-32-89-37-38-91-40-39-90-36-34-87-28-26-83-4)53-18-16-48-50(59(53)61)42-46(93(70,71)72)44-54(48)95(76,77)78)12-7-5-8-13-57-62(2,20-23-84-29-31-88-35-33-86-27-25-82-3)60-51-43-47(94(73,74)75)45-55(96(79,80)81)49(51)15-17-52(60)63(57)21-10-6-9-14-58(65)66/h5,7-8,12-13,15-18,42-45H,6,9-11,14,19-41H2,1-4H3,(H5-,65,66,67,68,69,70,71,72,73,74,75,76,77,78,79,80,81)/p-4. The van der Waals surface area contributed by atoms with E-state index in [4.69, 9.17) is 47.4 Å². The molecule has 0 amide bonds. The minimum absolute atomic E-state index is 0.00967. The highest BCUT2D eigenvalue weighted by Gasteiger charge is 2.49. The number of nitrogens with zero attached hydrogens (tertiary/aromatic N) is 2. The van der Waals surface area contributed by atoms with E-state index in [1.165, 1.54) is 18.2 Å². The molecular weight excluding hydrogens is 1370 g/mol. The topological polar surface area (TPSA) is 422 Å². The van der Waals surface area contributed by atoms with Crippen molar-refractivity contribution in [2.75, 3.05) is 157 Å². The van der Waals surface area contributed by atoms with Gasteiger partial charge in [-0.05, 0) is 110 Å². The molecular formula is C62H82N2O27S5-4. The Kier molecular flexibility index (Phi) is 30.5. The molecule has 2 unspecified atom stereocenters. The zero-order valence-electron chi connectivity index (χ0n) is 53.8. The SMILES string of the molecule is COCCOCCOCCOCCOCCOCC[N+]1=C(/C=C/C=C/C=C2/N(CCCCCC(=O)O)c3ccc4c(S(=O)(=O)[O-])cc(S(=O)(=O)[O-])cc4c3C2(C)CCOCCOCCOCCOC)C(C)(CCCS(=O)(=O)[O-])c2c1ccc1c(S(=O)(=O)[O-])cc(S(=O)(=O)[O-])cc21. The highest BCUT2D eigenvalue weighted by atomic mass is 32.2. The van der Waals surface area contributed by atoms with Crippen LogP contribution in [0.2, 0.25) is 0 Å². The number of anilines is 1. The molecule has 2 atom stereocenters.